The average Bonchev–Trinajstić information content (AvgIpc) is 2.92. The lowest BCUT2D eigenvalue weighted by atomic mass is 9.66. The molecule has 3 rings (SSSR count). The Hall–Kier alpha value is -1.40. The maximum Gasteiger partial charge on any atom is 0.351 e. The molecule has 0 aromatic carbocycles. The zero-order chi connectivity index (χ0) is 18.8. The van der Waals surface area contributed by atoms with Gasteiger partial charge in [-0.1, -0.05) is 41.5 Å². The van der Waals surface area contributed by atoms with Gasteiger partial charge in [-0.3, -0.25) is 4.57 Å². The molecule has 2 fully saturated rings. The van der Waals surface area contributed by atoms with E-state index in [0.29, 0.717) is 6.61 Å². The van der Waals surface area contributed by atoms with Crippen molar-refractivity contribution in [2.45, 2.75) is 72.8 Å². The van der Waals surface area contributed by atoms with E-state index in [-0.39, 0.29) is 40.0 Å². The van der Waals surface area contributed by atoms with Gasteiger partial charge in [-0.2, -0.15) is 4.98 Å². The predicted molar refractivity (Wildman–Crippen MR) is 97.3 cm³/mol. The fourth-order valence-electron chi connectivity index (χ4n) is 4.74. The van der Waals surface area contributed by atoms with Crippen LogP contribution in [0.2, 0.25) is 0 Å². The maximum atomic E-state index is 12.4. The molecule has 140 valence electrons. The Balaban J connectivity index is 2.06. The van der Waals surface area contributed by atoms with Gasteiger partial charge in [0.2, 0.25) is 0 Å². The molecule has 0 radical (unpaired) electrons. The van der Waals surface area contributed by atoms with Crippen molar-refractivity contribution in [3.05, 3.63) is 22.2 Å². The minimum Gasteiger partial charge on any atom is -0.383 e. The van der Waals surface area contributed by atoms with Gasteiger partial charge in [0.1, 0.15) is 17.5 Å². The molecule has 0 saturated carbocycles. The van der Waals surface area contributed by atoms with E-state index < -0.39 is 6.23 Å². The number of ether oxygens (including phenoxy) is 2. The first-order valence-electron chi connectivity index (χ1n) is 8.99. The molecular formula is C19H31N3O3. The van der Waals surface area contributed by atoms with Crippen LogP contribution < -0.4 is 11.4 Å². The summed E-state index contributed by atoms with van der Waals surface area (Å²) in [6.07, 6.45) is 2.00. The topological polar surface area (TPSA) is 79.4 Å². The van der Waals surface area contributed by atoms with Crippen molar-refractivity contribution in [1.29, 1.82) is 0 Å². The second-order valence-electron chi connectivity index (χ2n) is 9.93. The summed E-state index contributed by atoms with van der Waals surface area (Å²) in [5, 5.41) is 0. The number of nitrogens with two attached hydrogens (primary N) is 1. The van der Waals surface area contributed by atoms with Gasteiger partial charge in [0.05, 0.1) is 6.61 Å². The summed E-state index contributed by atoms with van der Waals surface area (Å²) < 4.78 is 14.3. The number of aryl methyl sites for hydroxylation is 1. The van der Waals surface area contributed by atoms with Crippen molar-refractivity contribution < 1.29 is 9.47 Å². The molecule has 25 heavy (non-hydrogen) atoms. The largest absolute Gasteiger partial charge is 0.383 e. The molecule has 0 amide bonds. The molecule has 3 heterocycles. The van der Waals surface area contributed by atoms with Crippen molar-refractivity contribution in [1.82, 2.24) is 9.55 Å². The molecular weight excluding hydrogens is 318 g/mol. The van der Waals surface area contributed by atoms with Gasteiger partial charge in [0.15, 0.2) is 6.23 Å². The Kier molecular flexibility index (Phi) is 4.08. The summed E-state index contributed by atoms with van der Waals surface area (Å²) in [6.45, 7) is 15.7. The number of nitrogen functional groups attached to an aromatic ring is 1. The Labute approximate surface area is 149 Å². The Morgan fingerprint density at radius 2 is 1.96 bits per heavy atom. The first kappa shape index (κ1) is 18.4. The van der Waals surface area contributed by atoms with Crippen LogP contribution in [-0.2, 0) is 9.47 Å². The zero-order valence-electron chi connectivity index (χ0n) is 16.4. The lowest BCUT2D eigenvalue weighted by Crippen LogP contribution is -2.45. The number of hydrogen-bond acceptors (Lipinski definition) is 5. The monoisotopic (exact) mass is 349 g/mol. The molecule has 4 atom stereocenters. The van der Waals surface area contributed by atoms with Crippen LogP contribution in [0.5, 0.6) is 0 Å². The van der Waals surface area contributed by atoms with Crippen molar-refractivity contribution in [3.8, 4) is 0 Å². The standard InChI is InChI=1S/C19H31N3O3/c1-11-8-22(16(23)21-14(11)20)15-12-13(18(5,6)7)19(25-15,10-24-12)9-17(2,3)4/h8,12-13,15H,9-10H2,1-7H3,(H2,20,21,23)/t12?,13-,15+,19-/m0/s1. The number of fused-ring (bicyclic) bond motifs is 2. The average molecular weight is 349 g/mol. The number of hydrogen-bond donors (Lipinski definition) is 1. The molecule has 1 aromatic heterocycles. The van der Waals surface area contributed by atoms with Crippen LogP contribution in [-0.4, -0.2) is 27.9 Å². The third-order valence-electron chi connectivity index (χ3n) is 5.26. The molecule has 2 aliphatic heterocycles. The van der Waals surface area contributed by atoms with E-state index in [0.717, 1.165) is 12.0 Å². The van der Waals surface area contributed by atoms with Gasteiger partial charge in [-0.25, -0.2) is 4.79 Å². The molecule has 2 bridgehead atoms. The van der Waals surface area contributed by atoms with Crippen molar-refractivity contribution >= 4 is 5.82 Å². The fraction of sp³-hybridized carbons (Fsp3) is 0.789. The predicted octanol–water partition coefficient (Wildman–Crippen LogP) is 2.90. The maximum absolute atomic E-state index is 12.4. The molecule has 6 heteroatoms. The van der Waals surface area contributed by atoms with Crippen LogP contribution in [0.15, 0.2) is 11.0 Å². The van der Waals surface area contributed by atoms with E-state index in [4.69, 9.17) is 15.2 Å². The van der Waals surface area contributed by atoms with Crippen molar-refractivity contribution in [3.63, 3.8) is 0 Å². The zero-order valence-corrected chi connectivity index (χ0v) is 16.4. The summed E-state index contributed by atoms with van der Waals surface area (Å²) in [4.78, 5) is 16.4. The highest BCUT2D eigenvalue weighted by Gasteiger charge is 2.65. The third kappa shape index (κ3) is 3.10. The Morgan fingerprint density at radius 3 is 2.52 bits per heavy atom. The summed E-state index contributed by atoms with van der Waals surface area (Å²) in [5.74, 6) is 0.469. The normalized spacial score (nSPS) is 32.4. The number of rotatable bonds is 2. The lowest BCUT2D eigenvalue weighted by molar-refractivity contribution is -0.184. The number of aromatic nitrogens is 2. The van der Waals surface area contributed by atoms with E-state index in [1.54, 1.807) is 10.8 Å². The van der Waals surface area contributed by atoms with E-state index >= 15 is 0 Å². The lowest BCUT2D eigenvalue weighted by Gasteiger charge is -2.40. The van der Waals surface area contributed by atoms with Crippen LogP contribution in [0.4, 0.5) is 5.82 Å². The third-order valence-corrected chi connectivity index (χ3v) is 5.26. The van der Waals surface area contributed by atoms with E-state index in [1.807, 2.05) is 6.92 Å². The minimum absolute atomic E-state index is 0.00105. The number of anilines is 1. The second kappa shape index (κ2) is 5.55. The van der Waals surface area contributed by atoms with Gasteiger partial charge >= 0.3 is 5.69 Å². The fourth-order valence-corrected chi connectivity index (χ4v) is 4.74. The summed E-state index contributed by atoms with van der Waals surface area (Å²) in [7, 11) is 0. The Morgan fingerprint density at radius 1 is 1.32 bits per heavy atom. The summed E-state index contributed by atoms with van der Waals surface area (Å²) >= 11 is 0. The van der Waals surface area contributed by atoms with E-state index in [1.165, 1.54) is 0 Å². The quantitative estimate of drug-likeness (QED) is 0.888. The van der Waals surface area contributed by atoms with Crippen LogP contribution in [0.25, 0.3) is 0 Å². The van der Waals surface area contributed by atoms with Gasteiger partial charge in [0.25, 0.3) is 0 Å². The molecule has 0 aliphatic carbocycles. The van der Waals surface area contributed by atoms with Crippen molar-refractivity contribution in [2.24, 2.45) is 16.7 Å². The molecule has 1 aromatic rings. The van der Waals surface area contributed by atoms with Crippen LogP contribution in [0.3, 0.4) is 0 Å². The van der Waals surface area contributed by atoms with Crippen LogP contribution >= 0.6 is 0 Å². The molecule has 0 spiro atoms. The van der Waals surface area contributed by atoms with Crippen LogP contribution in [0, 0.1) is 23.7 Å². The van der Waals surface area contributed by atoms with Crippen LogP contribution in [0.1, 0.15) is 59.8 Å². The van der Waals surface area contributed by atoms with E-state index in [9.17, 15) is 4.79 Å². The molecule has 2 aliphatic rings. The smallest absolute Gasteiger partial charge is 0.351 e. The molecule has 2 saturated heterocycles. The van der Waals surface area contributed by atoms with Gasteiger partial charge < -0.3 is 15.2 Å². The number of nitrogens with zero attached hydrogens (tertiary/aromatic N) is 2. The highest BCUT2D eigenvalue weighted by Crippen LogP contribution is 2.58. The highest BCUT2D eigenvalue weighted by molar-refractivity contribution is 5.35. The van der Waals surface area contributed by atoms with Gasteiger partial charge in [0, 0.05) is 17.7 Å². The summed E-state index contributed by atoms with van der Waals surface area (Å²) in [5.41, 5.74) is 5.86. The first-order chi connectivity index (χ1) is 11.3. The van der Waals surface area contributed by atoms with Crippen molar-refractivity contribution in [2.75, 3.05) is 12.3 Å². The SMILES string of the molecule is Cc1cn([C@@H]2O[C@@]3(CC(C)(C)C)COC2[C@H]3C(C)(C)C)c(=O)nc1N. The van der Waals surface area contributed by atoms with E-state index in [2.05, 4.69) is 46.5 Å². The second-order valence-corrected chi connectivity index (χ2v) is 9.93. The molecule has 2 N–H and O–H groups in total. The molecule has 6 nitrogen and oxygen atoms in total. The Bertz CT molecular complexity index is 729. The molecule has 1 unspecified atom stereocenters. The summed E-state index contributed by atoms with van der Waals surface area (Å²) in [6, 6.07) is 0. The first-order valence-corrected chi connectivity index (χ1v) is 8.99. The minimum atomic E-state index is -0.459. The van der Waals surface area contributed by atoms with Gasteiger partial charge in [-0.05, 0) is 24.2 Å². The highest BCUT2D eigenvalue weighted by atomic mass is 16.6. The van der Waals surface area contributed by atoms with Gasteiger partial charge in [-0.15, -0.1) is 0 Å².